The van der Waals surface area contributed by atoms with Gasteiger partial charge in [0.2, 0.25) is 0 Å². The number of hydrogen-bond donors (Lipinski definition) is 3. The van der Waals surface area contributed by atoms with Crippen LogP contribution in [0.1, 0.15) is 12.0 Å². The first-order chi connectivity index (χ1) is 8.95. The highest BCUT2D eigenvalue weighted by Crippen LogP contribution is 2.22. The molecule has 1 atom stereocenters. The lowest BCUT2D eigenvalue weighted by Gasteiger charge is -2.14. The number of hydrogen-bond acceptors (Lipinski definition) is 2. The van der Waals surface area contributed by atoms with Crippen molar-refractivity contribution in [3.63, 3.8) is 0 Å². The van der Waals surface area contributed by atoms with Crippen LogP contribution >= 0.6 is 11.6 Å². The Morgan fingerprint density at radius 1 is 1.53 bits per heavy atom. The van der Waals surface area contributed by atoms with Crippen LogP contribution in [0.5, 0.6) is 0 Å². The molecule has 0 bridgehead atoms. The predicted octanol–water partition coefficient (Wildman–Crippen LogP) is 2.80. The number of anilines is 1. The van der Waals surface area contributed by atoms with Crippen LogP contribution in [0.3, 0.4) is 0 Å². The first kappa shape index (κ1) is 15.0. The van der Waals surface area contributed by atoms with Gasteiger partial charge in [-0.25, -0.2) is 9.59 Å². The summed E-state index contributed by atoms with van der Waals surface area (Å²) in [7, 11) is 0. The van der Waals surface area contributed by atoms with Crippen LogP contribution in [0.2, 0.25) is 5.02 Å². The molecule has 0 spiro atoms. The summed E-state index contributed by atoms with van der Waals surface area (Å²) in [4.78, 5) is 22.6. The number of nitrogens with one attached hydrogen (secondary N) is 2. The van der Waals surface area contributed by atoms with Gasteiger partial charge in [-0.05, 0) is 31.0 Å². The van der Waals surface area contributed by atoms with E-state index in [1.165, 1.54) is 6.08 Å². The third-order valence-electron chi connectivity index (χ3n) is 2.52. The van der Waals surface area contributed by atoms with E-state index in [2.05, 4.69) is 17.2 Å². The molecule has 0 heterocycles. The molecule has 0 aromatic heterocycles. The Bertz CT molecular complexity index is 503. The van der Waals surface area contributed by atoms with Crippen molar-refractivity contribution in [3.05, 3.63) is 41.4 Å². The highest BCUT2D eigenvalue weighted by Gasteiger charge is 2.18. The van der Waals surface area contributed by atoms with E-state index in [9.17, 15) is 9.59 Å². The van der Waals surface area contributed by atoms with Gasteiger partial charge in [-0.1, -0.05) is 23.7 Å². The Labute approximate surface area is 116 Å². The summed E-state index contributed by atoms with van der Waals surface area (Å²) in [5, 5.41) is 14.3. The molecular weight excluding hydrogens is 268 g/mol. The summed E-state index contributed by atoms with van der Waals surface area (Å²) in [6.45, 7) is 5.21. The number of carboxylic acid groups (broad SMARTS) is 1. The molecule has 0 saturated heterocycles. The molecule has 1 aromatic rings. The minimum absolute atomic E-state index is 0.150. The zero-order chi connectivity index (χ0) is 14.4. The molecule has 3 N–H and O–H groups in total. The van der Waals surface area contributed by atoms with E-state index in [0.717, 1.165) is 5.56 Å². The average Bonchev–Trinajstić information content (AvgIpc) is 2.34. The van der Waals surface area contributed by atoms with E-state index in [4.69, 9.17) is 16.7 Å². The van der Waals surface area contributed by atoms with Gasteiger partial charge in [0.1, 0.15) is 6.04 Å². The lowest BCUT2D eigenvalue weighted by atomic mass is 10.2. The quantitative estimate of drug-likeness (QED) is 0.727. The van der Waals surface area contributed by atoms with E-state index in [0.29, 0.717) is 10.7 Å². The number of halogens is 1. The van der Waals surface area contributed by atoms with Crippen molar-refractivity contribution in [2.75, 3.05) is 5.32 Å². The maximum absolute atomic E-state index is 11.7. The SMILES string of the molecule is C=CCC(NC(=O)Nc1cccc(Cl)c1C)C(=O)O. The molecule has 0 saturated carbocycles. The van der Waals surface area contributed by atoms with Gasteiger partial charge in [-0.15, -0.1) is 6.58 Å². The topological polar surface area (TPSA) is 78.4 Å². The number of rotatable bonds is 5. The van der Waals surface area contributed by atoms with Crippen molar-refractivity contribution in [2.24, 2.45) is 0 Å². The molecule has 0 fully saturated rings. The minimum Gasteiger partial charge on any atom is -0.480 e. The molecular formula is C13H15ClN2O3. The monoisotopic (exact) mass is 282 g/mol. The second kappa shape index (κ2) is 6.80. The first-order valence-corrected chi connectivity index (χ1v) is 5.99. The fourth-order valence-corrected chi connectivity index (χ4v) is 1.62. The molecule has 6 heteroatoms. The molecule has 1 rings (SSSR count). The van der Waals surface area contributed by atoms with E-state index in [1.807, 2.05) is 0 Å². The summed E-state index contributed by atoms with van der Waals surface area (Å²) >= 11 is 5.92. The van der Waals surface area contributed by atoms with Crippen molar-refractivity contribution >= 4 is 29.3 Å². The fourth-order valence-electron chi connectivity index (χ4n) is 1.45. The van der Waals surface area contributed by atoms with Crippen molar-refractivity contribution < 1.29 is 14.7 Å². The number of benzene rings is 1. The fraction of sp³-hybridized carbons (Fsp3) is 0.231. The molecule has 1 unspecified atom stereocenters. The van der Waals surface area contributed by atoms with E-state index in [-0.39, 0.29) is 6.42 Å². The van der Waals surface area contributed by atoms with Crippen molar-refractivity contribution in [1.82, 2.24) is 5.32 Å². The van der Waals surface area contributed by atoms with Crippen LogP contribution in [-0.4, -0.2) is 23.1 Å². The maximum atomic E-state index is 11.7. The van der Waals surface area contributed by atoms with Crippen molar-refractivity contribution in [1.29, 1.82) is 0 Å². The van der Waals surface area contributed by atoms with Gasteiger partial charge in [0.15, 0.2) is 0 Å². The maximum Gasteiger partial charge on any atom is 0.326 e. The second-order valence-electron chi connectivity index (χ2n) is 3.93. The molecule has 2 amide bonds. The first-order valence-electron chi connectivity index (χ1n) is 5.62. The van der Waals surface area contributed by atoms with Gasteiger partial charge in [0.25, 0.3) is 0 Å². The third-order valence-corrected chi connectivity index (χ3v) is 2.93. The number of carboxylic acids is 1. The molecule has 1 aromatic carbocycles. The zero-order valence-corrected chi connectivity index (χ0v) is 11.2. The van der Waals surface area contributed by atoms with Gasteiger partial charge in [-0.2, -0.15) is 0 Å². The molecule has 0 aliphatic carbocycles. The Balaban J connectivity index is 2.71. The van der Waals surface area contributed by atoms with Gasteiger partial charge in [0.05, 0.1) is 0 Å². The molecule has 0 radical (unpaired) electrons. The summed E-state index contributed by atoms with van der Waals surface area (Å²) in [5.41, 5.74) is 1.25. The lowest BCUT2D eigenvalue weighted by Crippen LogP contribution is -2.42. The highest BCUT2D eigenvalue weighted by molar-refractivity contribution is 6.31. The minimum atomic E-state index is -1.11. The van der Waals surface area contributed by atoms with Crippen LogP contribution in [0.4, 0.5) is 10.5 Å². The molecule has 19 heavy (non-hydrogen) atoms. The van der Waals surface area contributed by atoms with Crippen molar-refractivity contribution in [2.45, 2.75) is 19.4 Å². The van der Waals surface area contributed by atoms with E-state index < -0.39 is 18.0 Å². The Morgan fingerprint density at radius 2 is 2.21 bits per heavy atom. The number of aliphatic carboxylic acids is 1. The zero-order valence-electron chi connectivity index (χ0n) is 10.4. The van der Waals surface area contributed by atoms with Crippen LogP contribution in [0.25, 0.3) is 0 Å². The van der Waals surface area contributed by atoms with Crippen molar-refractivity contribution in [3.8, 4) is 0 Å². The van der Waals surface area contributed by atoms with E-state index in [1.54, 1.807) is 25.1 Å². The Kier molecular flexibility index (Phi) is 5.38. The van der Waals surface area contributed by atoms with Crippen LogP contribution in [-0.2, 0) is 4.79 Å². The molecule has 5 nitrogen and oxygen atoms in total. The summed E-state index contributed by atoms with van der Waals surface area (Å²) < 4.78 is 0. The number of amides is 2. The summed E-state index contributed by atoms with van der Waals surface area (Å²) in [6, 6.07) is 3.49. The molecule has 0 aliphatic heterocycles. The molecule has 0 aliphatic rings. The normalized spacial score (nSPS) is 11.5. The van der Waals surface area contributed by atoms with Crippen LogP contribution < -0.4 is 10.6 Å². The van der Waals surface area contributed by atoms with Crippen LogP contribution in [0, 0.1) is 6.92 Å². The smallest absolute Gasteiger partial charge is 0.326 e. The lowest BCUT2D eigenvalue weighted by molar-refractivity contribution is -0.139. The average molecular weight is 283 g/mol. The number of urea groups is 1. The van der Waals surface area contributed by atoms with Gasteiger partial charge < -0.3 is 15.7 Å². The highest BCUT2D eigenvalue weighted by atomic mass is 35.5. The Morgan fingerprint density at radius 3 is 2.79 bits per heavy atom. The largest absolute Gasteiger partial charge is 0.480 e. The van der Waals surface area contributed by atoms with Gasteiger partial charge in [-0.3, -0.25) is 0 Å². The number of carbonyl (C=O) groups is 2. The van der Waals surface area contributed by atoms with Gasteiger partial charge >= 0.3 is 12.0 Å². The predicted molar refractivity (Wildman–Crippen MR) is 74.6 cm³/mol. The van der Waals surface area contributed by atoms with E-state index >= 15 is 0 Å². The summed E-state index contributed by atoms with van der Waals surface area (Å²) in [5.74, 6) is -1.11. The number of carbonyl (C=O) groups excluding carboxylic acids is 1. The summed E-state index contributed by atoms with van der Waals surface area (Å²) in [6.07, 6.45) is 1.58. The second-order valence-corrected chi connectivity index (χ2v) is 4.33. The third kappa shape index (κ3) is 4.30. The standard InChI is InChI=1S/C13H15ClN2O3/c1-3-5-11(12(17)18)16-13(19)15-10-7-4-6-9(14)8(10)2/h3-4,6-7,11H,1,5H2,2H3,(H,17,18)(H2,15,16,19). The van der Waals surface area contributed by atoms with Crippen LogP contribution in [0.15, 0.2) is 30.9 Å². The van der Waals surface area contributed by atoms with Gasteiger partial charge in [0, 0.05) is 10.7 Å². The molecule has 102 valence electrons. The Hall–Kier alpha value is -2.01.